The Morgan fingerprint density at radius 1 is 1.05 bits per heavy atom. The Bertz CT molecular complexity index is 649. The van der Waals surface area contributed by atoms with E-state index in [0.717, 1.165) is 18.2 Å². The van der Waals surface area contributed by atoms with Crippen molar-refractivity contribution in [1.82, 2.24) is 0 Å². The van der Waals surface area contributed by atoms with Crippen LogP contribution in [-0.2, 0) is 0 Å². The average molecular weight is 366 g/mol. The van der Waals surface area contributed by atoms with Crippen LogP contribution in [0.4, 0.5) is 13.2 Å². The molecule has 106 valence electrons. The van der Waals surface area contributed by atoms with Crippen molar-refractivity contribution in [2.45, 2.75) is 5.38 Å². The molecule has 0 aliphatic heterocycles. The summed E-state index contributed by atoms with van der Waals surface area (Å²) in [4.78, 5) is 0. The summed E-state index contributed by atoms with van der Waals surface area (Å²) in [5.41, 5.74) is 0.252. The molecule has 0 heterocycles. The van der Waals surface area contributed by atoms with Gasteiger partial charge in [-0.05, 0) is 45.8 Å². The summed E-state index contributed by atoms with van der Waals surface area (Å²) in [6.07, 6.45) is 0. The molecular weight excluding hydrogens is 357 g/mol. The van der Waals surface area contributed by atoms with Gasteiger partial charge in [0.25, 0.3) is 0 Å². The van der Waals surface area contributed by atoms with Gasteiger partial charge in [-0.3, -0.25) is 0 Å². The molecule has 0 aromatic heterocycles. The van der Waals surface area contributed by atoms with Crippen molar-refractivity contribution in [1.29, 1.82) is 0 Å². The molecule has 0 amide bonds. The fourth-order valence-corrected chi connectivity index (χ4v) is 2.37. The van der Waals surface area contributed by atoms with E-state index in [4.69, 9.17) is 16.3 Å². The van der Waals surface area contributed by atoms with Gasteiger partial charge in [0.05, 0.1) is 17.0 Å². The lowest BCUT2D eigenvalue weighted by Crippen LogP contribution is -2.00. The maximum Gasteiger partial charge on any atom is 0.165 e. The van der Waals surface area contributed by atoms with Crippen LogP contribution in [0.25, 0.3) is 0 Å². The summed E-state index contributed by atoms with van der Waals surface area (Å²) in [6, 6.07) is 5.99. The number of rotatable bonds is 3. The van der Waals surface area contributed by atoms with Gasteiger partial charge in [-0.15, -0.1) is 11.6 Å². The van der Waals surface area contributed by atoms with Gasteiger partial charge in [0.1, 0.15) is 11.6 Å². The molecule has 20 heavy (non-hydrogen) atoms. The highest BCUT2D eigenvalue weighted by molar-refractivity contribution is 9.10. The van der Waals surface area contributed by atoms with E-state index in [9.17, 15) is 13.2 Å². The highest BCUT2D eigenvalue weighted by atomic mass is 79.9. The Kier molecular flexibility index (Phi) is 4.60. The molecule has 0 saturated heterocycles. The van der Waals surface area contributed by atoms with Crippen LogP contribution in [-0.4, -0.2) is 7.11 Å². The smallest absolute Gasteiger partial charge is 0.165 e. The molecule has 0 radical (unpaired) electrons. The van der Waals surface area contributed by atoms with E-state index in [1.54, 1.807) is 0 Å². The Morgan fingerprint density at radius 2 is 1.75 bits per heavy atom. The summed E-state index contributed by atoms with van der Waals surface area (Å²) in [5, 5.41) is -1.00. The third-order valence-electron chi connectivity index (χ3n) is 2.78. The minimum atomic E-state index is -1.00. The highest BCUT2D eigenvalue weighted by Gasteiger charge is 2.19. The molecule has 6 heteroatoms. The van der Waals surface area contributed by atoms with Crippen LogP contribution in [0.15, 0.2) is 34.8 Å². The van der Waals surface area contributed by atoms with E-state index < -0.39 is 22.8 Å². The number of hydrogen-bond donors (Lipinski definition) is 0. The standard InChI is InChI=1S/C14H9BrClF3O/c1-20-13-3-2-7(4-12(13)19)14(16)8-5-11(18)9(15)6-10(8)17/h2-6,14H,1H3. The predicted molar refractivity (Wildman–Crippen MR) is 74.7 cm³/mol. The zero-order valence-electron chi connectivity index (χ0n) is 10.3. The fourth-order valence-electron chi connectivity index (χ4n) is 1.75. The van der Waals surface area contributed by atoms with Crippen LogP contribution < -0.4 is 4.74 Å². The molecule has 0 aliphatic rings. The average Bonchev–Trinajstić information content (AvgIpc) is 2.42. The number of hydrogen-bond acceptors (Lipinski definition) is 1. The molecule has 1 nitrogen and oxygen atoms in total. The van der Waals surface area contributed by atoms with Crippen molar-refractivity contribution in [2.24, 2.45) is 0 Å². The zero-order chi connectivity index (χ0) is 14.9. The van der Waals surface area contributed by atoms with Crippen molar-refractivity contribution < 1.29 is 17.9 Å². The van der Waals surface area contributed by atoms with Crippen LogP contribution in [0, 0.1) is 17.5 Å². The quantitative estimate of drug-likeness (QED) is 0.536. The van der Waals surface area contributed by atoms with Gasteiger partial charge in [0.15, 0.2) is 11.6 Å². The number of methoxy groups -OCH3 is 1. The molecule has 0 saturated carbocycles. The Labute approximate surface area is 127 Å². The first kappa shape index (κ1) is 15.2. The predicted octanol–water partition coefficient (Wildman–Crippen LogP) is 5.20. The van der Waals surface area contributed by atoms with Crippen molar-refractivity contribution in [3.05, 3.63) is 63.4 Å². The molecule has 0 spiro atoms. The number of alkyl halides is 1. The van der Waals surface area contributed by atoms with E-state index in [1.807, 2.05) is 0 Å². The molecule has 0 bridgehead atoms. The van der Waals surface area contributed by atoms with Crippen molar-refractivity contribution in [3.63, 3.8) is 0 Å². The van der Waals surface area contributed by atoms with Crippen LogP contribution in [0.1, 0.15) is 16.5 Å². The third kappa shape index (κ3) is 2.94. The second kappa shape index (κ2) is 6.06. The van der Waals surface area contributed by atoms with Crippen molar-refractivity contribution in [2.75, 3.05) is 7.11 Å². The second-order valence-electron chi connectivity index (χ2n) is 4.04. The fraction of sp³-hybridized carbons (Fsp3) is 0.143. The van der Waals surface area contributed by atoms with Crippen molar-refractivity contribution in [3.8, 4) is 5.75 Å². The Hall–Kier alpha value is -1.20. The zero-order valence-corrected chi connectivity index (χ0v) is 12.6. The van der Waals surface area contributed by atoms with Gasteiger partial charge in [-0.1, -0.05) is 6.07 Å². The second-order valence-corrected chi connectivity index (χ2v) is 5.34. The Morgan fingerprint density at radius 3 is 2.35 bits per heavy atom. The van der Waals surface area contributed by atoms with Crippen LogP contribution in [0.3, 0.4) is 0 Å². The van der Waals surface area contributed by atoms with Gasteiger partial charge in [0.2, 0.25) is 0 Å². The molecule has 0 N–H and O–H groups in total. The first-order chi connectivity index (χ1) is 9.43. The lowest BCUT2D eigenvalue weighted by atomic mass is 10.0. The van der Waals surface area contributed by atoms with E-state index in [-0.39, 0.29) is 15.8 Å². The van der Waals surface area contributed by atoms with E-state index >= 15 is 0 Å². The first-order valence-electron chi connectivity index (χ1n) is 5.56. The van der Waals surface area contributed by atoms with Gasteiger partial charge < -0.3 is 4.74 Å². The van der Waals surface area contributed by atoms with Crippen LogP contribution in [0.5, 0.6) is 5.75 Å². The van der Waals surface area contributed by atoms with Gasteiger partial charge in [-0.2, -0.15) is 0 Å². The molecule has 0 aliphatic carbocycles. The normalized spacial score (nSPS) is 12.3. The van der Waals surface area contributed by atoms with Gasteiger partial charge in [0, 0.05) is 5.56 Å². The molecule has 1 atom stereocenters. The van der Waals surface area contributed by atoms with Crippen molar-refractivity contribution >= 4 is 27.5 Å². The maximum absolute atomic E-state index is 13.8. The minimum absolute atomic E-state index is 0.00327. The minimum Gasteiger partial charge on any atom is -0.494 e. The molecule has 2 aromatic rings. The maximum atomic E-state index is 13.8. The summed E-state index contributed by atoms with van der Waals surface area (Å²) >= 11 is 8.98. The number of benzene rings is 2. The molecule has 1 unspecified atom stereocenters. The first-order valence-corrected chi connectivity index (χ1v) is 6.79. The molecule has 2 rings (SSSR count). The van der Waals surface area contributed by atoms with E-state index in [1.165, 1.54) is 19.2 Å². The summed E-state index contributed by atoms with van der Waals surface area (Å²) in [6.45, 7) is 0. The highest BCUT2D eigenvalue weighted by Crippen LogP contribution is 2.34. The third-order valence-corrected chi connectivity index (χ3v) is 3.88. The summed E-state index contributed by atoms with van der Waals surface area (Å²) in [5.74, 6) is -1.87. The Balaban J connectivity index is 2.43. The topological polar surface area (TPSA) is 9.23 Å². The summed E-state index contributed by atoms with van der Waals surface area (Å²) < 4.78 is 45.7. The molecular formula is C14H9BrClF3O. The largest absolute Gasteiger partial charge is 0.494 e. The molecule has 2 aromatic carbocycles. The van der Waals surface area contributed by atoms with Gasteiger partial charge >= 0.3 is 0 Å². The summed E-state index contributed by atoms with van der Waals surface area (Å²) in [7, 11) is 1.33. The monoisotopic (exact) mass is 364 g/mol. The lowest BCUT2D eigenvalue weighted by Gasteiger charge is -2.13. The van der Waals surface area contributed by atoms with Gasteiger partial charge in [-0.25, -0.2) is 13.2 Å². The van der Waals surface area contributed by atoms with E-state index in [2.05, 4.69) is 15.9 Å². The van der Waals surface area contributed by atoms with Crippen LogP contribution in [0.2, 0.25) is 0 Å². The number of halogens is 5. The lowest BCUT2D eigenvalue weighted by molar-refractivity contribution is 0.386. The SMILES string of the molecule is COc1ccc(C(Cl)c2cc(F)c(Br)cc2F)cc1F. The molecule has 0 fully saturated rings. The van der Waals surface area contributed by atoms with Crippen LogP contribution >= 0.6 is 27.5 Å². The van der Waals surface area contributed by atoms with E-state index in [0.29, 0.717) is 5.56 Å². The number of ether oxygens (including phenoxy) is 1.